The van der Waals surface area contributed by atoms with Gasteiger partial charge in [-0.15, -0.1) is 0 Å². The molecule has 0 saturated heterocycles. The van der Waals surface area contributed by atoms with Gasteiger partial charge in [0.15, 0.2) is 0 Å². The summed E-state index contributed by atoms with van der Waals surface area (Å²) in [5, 5.41) is 0. The van der Waals surface area contributed by atoms with Gasteiger partial charge in [-0.3, -0.25) is 9.78 Å². The Bertz CT molecular complexity index is 710. The lowest BCUT2D eigenvalue weighted by molar-refractivity contribution is -0.139. The molecule has 1 aromatic heterocycles. The number of esters is 1. The highest BCUT2D eigenvalue weighted by molar-refractivity contribution is 5.72. The van der Waals surface area contributed by atoms with Crippen LogP contribution in [0.2, 0.25) is 0 Å². The third-order valence-electron chi connectivity index (χ3n) is 3.12. The minimum absolute atomic E-state index is 0.0647. The number of halogens is 2. The van der Waals surface area contributed by atoms with Crippen LogP contribution < -0.4 is 15.2 Å². The molecule has 6 nitrogen and oxygen atoms in total. The molecule has 0 radical (unpaired) electrons. The topological polar surface area (TPSA) is 83.7 Å². The fourth-order valence-electron chi connectivity index (χ4n) is 2.02. The number of nitrogens with zero attached hydrogens (tertiary/aromatic N) is 1. The maximum absolute atomic E-state index is 12.5. The number of alkyl halides is 2. The van der Waals surface area contributed by atoms with Gasteiger partial charge in [-0.25, -0.2) is 0 Å². The summed E-state index contributed by atoms with van der Waals surface area (Å²) in [6.45, 7) is -3.04. The number of carbonyl (C=O) groups excluding carboxylic acids is 1. The Kier molecular flexibility index (Phi) is 6.02. The number of hydrogen-bond acceptors (Lipinski definition) is 6. The molecule has 0 unspecified atom stereocenters. The minimum atomic E-state index is -2.97. The molecule has 0 aliphatic rings. The summed E-state index contributed by atoms with van der Waals surface area (Å²) < 4.78 is 39.7. The number of carbonyl (C=O) groups is 1. The van der Waals surface area contributed by atoms with Gasteiger partial charge in [0.05, 0.1) is 24.8 Å². The lowest BCUT2D eigenvalue weighted by Gasteiger charge is -2.15. The molecule has 0 saturated carbocycles. The highest BCUT2D eigenvalue weighted by Gasteiger charge is 2.16. The zero-order valence-electron chi connectivity index (χ0n) is 12.9. The largest absolute Gasteiger partial charge is 0.469 e. The average Bonchev–Trinajstić information content (AvgIpc) is 2.56. The van der Waals surface area contributed by atoms with Gasteiger partial charge in [-0.1, -0.05) is 6.07 Å². The summed E-state index contributed by atoms with van der Waals surface area (Å²) >= 11 is 0. The molecule has 0 atom stereocenters. The molecule has 128 valence electrons. The molecular weight excluding hydrogens is 322 g/mol. The van der Waals surface area contributed by atoms with Crippen molar-refractivity contribution < 1.29 is 27.8 Å². The summed E-state index contributed by atoms with van der Waals surface area (Å²) in [7, 11) is 1.27. The van der Waals surface area contributed by atoms with E-state index < -0.39 is 12.6 Å². The third-order valence-corrected chi connectivity index (χ3v) is 3.12. The molecule has 2 aromatic rings. The number of hydrogen-bond donors (Lipinski definition) is 1. The van der Waals surface area contributed by atoms with Crippen LogP contribution in [0.1, 0.15) is 11.3 Å². The van der Waals surface area contributed by atoms with Crippen LogP contribution in [-0.4, -0.2) is 24.7 Å². The van der Waals surface area contributed by atoms with Crippen molar-refractivity contribution in [2.45, 2.75) is 19.6 Å². The van der Waals surface area contributed by atoms with Crippen molar-refractivity contribution in [2.75, 3.05) is 7.11 Å². The van der Waals surface area contributed by atoms with E-state index in [9.17, 15) is 13.6 Å². The average molecular weight is 338 g/mol. The molecule has 24 heavy (non-hydrogen) atoms. The lowest BCUT2D eigenvalue weighted by Crippen LogP contribution is -2.09. The van der Waals surface area contributed by atoms with E-state index >= 15 is 0 Å². The van der Waals surface area contributed by atoms with E-state index in [0.29, 0.717) is 11.4 Å². The predicted octanol–water partition coefficient (Wildman–Crippen LogP) is 2.65. The Labute approximate surface area is 137 Å². The summed E-state index contributed by atoms with van der Waals surface area (Å²) in [4.78, 5) is 15.5. The number of ether oxygens (including phenoxy) is 3. The van der Waals surface area contributed by atoms with Crippen molar-refractivity contribution in [3.8, 4) is 17.2 Å². The Balaban J connectivity index is 2.33. The van der Waals surface area contributed by atoms with E-state index in [1.165, 1.54) is 25.4 Å². The minimum Gasteiger partial charge on any atom is -0.469 e. The van der Waals surface area contributed by atoms with E-state index in [-0.39, 0.29) is 30.0 Å². The SMILES string of the molecule is COC(=O)Cc1ncccc1Oc1cccc(OC(F)F)c1CN. The van der Waals surface area contributed by atoms with Crippen LogP contribution in [0.4, 0.5) is 8.78 Å². The maximum Gasteiger partial charge on any atom is 0.387 e. The quantitative estimate of drug-likeness (QED) is 0.782. The van der Waals surface area contributed by atoms with Gasteiger partial charge in [0.25, 0.3) is 0 Å². The van der Waals surface area contributed by atoms with Crippen LogP contribution >= 0.6 is 0 Å². The zero-order valence-corrected chi connectivity index (χ0v) is 12.9. The number of benzene rings is 1. The highest BCUT2D eigenvalue weighted by atomic mass is 19.3. The molecule has 0 fully saturated rings. The molecule has 1 aromatic carbocycles. The molecule has 0 spiro atoms. The van der Waals surface area contributed by atoms with Gasteiger partial charge < -0.3 is 19.9 Å². The third kappa shape index (κ3) is 4.39. The van der Waals surface area contributed by atoms with Crippen LogP contribution in [0, 0.1) is 0 Å². The van der Waals surface area contributed by atoms with Gasteiger partial charge in [0.2, 0.25) is 0 Å². The molecular formula is C16H16F2N2O4. The Morgan fingerprint density at radius 3 is 2.58 bits per heavy atom. The second kappa shape index (κ2) is 8.21. The first-order chi connectivity index (χ1) is 11.5. The van der Waals surface area contributed by atoms with E-state index in [1.54, 1.807) is 18.2 Å². The van der Waals surface area contributed by atoms with Crippen molar-refractivity contribution in [3.63, 3.8) is 0 Å². The molecule has 0 aliphatic heterocycles. The fraction of sp³-hybridized carbons (Fsp3) is 0.250. The highest BCUT2D eigenvalue weighted by Crippen LogP contribution is 2.33. The van der Waals surface area contributed by atoms with E-state index in [1.807, 2.05) is 0 Å². The van der Waals surface area contributed by atoms with Crippen molar-refractivity contribution in [1.82, 2.24) is 4.98 Å². The number of rotatable bonds is 7. The van der Waals surface area contributed by atoms with E-state index in [2.05, 4.69) is 14.5 Å². The van der Waals surface area contributed by atoms with E-state index in [4.69, 9.17) is 10.5 Å². The first-order valence-corrected chi connectivity index (χ1v) is 7.00. The first kappa shape index (κ1) is 17.6. The Morgan fingerprint density at radius 2 is 1.92 bits per heavy atom. The van der Waals surface area contributed by atoms with Crippen molar-refractivity contribution in [3.05, 3.63) is 47.8 Å². The summed E-state index contributed by atoms with van der Waals surface area (Å²) in [5.74, 6) is -0.00245. The fourth-order valence-corrected chi connectivity index (χ4v) is 2.02. The Hall–Kier alpha value is -2.74. The van der Waals surface area contributed by atoms with Gasteiger partial charge in [-0.05, 0) is 24.3 Å². The Morgan fingerprint density at radius 1 is 1.21 bits per heavy atom. The molecule has 0 amide bonds. The van der Waals surface area contributed by atoms with Gasteiger partial charge in [0, 0.05) is 12.7 Å². The summed E-state index contributed by atoms with van der Waals surface area (Å²) in [6.07, 6.45) is 1.42. The lowest BCUT2D eigenvalue weighted by atomic mass is 10.1. The van der Waals surface area contributed by atoms with Gasteiger partial charge in [0.1, 0.15) is 17.2 Å². The second-order valence-electron chi connectivity index (χ2n) is 4.62. The van der Waals surface area contributed by atoms with Crippen molar-refractivity contribution in [2.24, 2.45) is 5.73 Å². The maximum atomic E-state index is 12.5. The van der Waals surface area contributed by atoms with Gasteiger partial charge in [-0.2, -0.15) is 8.78 Å². The molecule has 0 bridgehead atoms. The van der Waals surface area contributed by atoms with Crippen LogP contribution in [0.5, 0.6) is 17.2 Å². The number of nitrogens with two attached hydrogens (primary N) is 1. The van der Waals surface area contributed by atoms with E-state index in [0.717, 1.165) is 0 Å². The molecule has 1 heterocycles. The summed E-state index contributed by atoms with van der Waals surface area (Å²) in [5.41, 5.74) is 6.26. The van der Waals surface area contributed by atoms with Crippen LogP contribution in [0.3, 0.4) is 0 Å². The van der Waals surface area contributed by atoms with Crippen molar-refractivity contribution in [1.29, 1.82) is 0 Å². The predicted molar refractivity (Wildman–Crippen MR) is 81.0 cm³/mol. The second-order valence-corrected chi connectivity index (χ2v) is 4.62. The molecule has 2 rings (SSSR count). The molecule has 8 heteroatoms. The molecule has 0 aliphatic carbocycles. The van der Waals surface area contributed by atoms with Crippen LogP contribution in [-0.2, 0) is 22.5 Å². The normalized spacial score (nSPS) is 10.5. The smallest absolute Gasteiger partial charge is 0.387 e. The van der Waals surface area contributed by atoms with Crippen LogP contribution in [0.15, 0.2) is 36.5 Å². The monoisotopic (exact) mass is 338 g/mol. The zero-order chi connectivity index (χ0) is 17.5. The standard InChI is InChI=1S/C16H16F2N2O4/c1-22-15(21)8-11-14(6-3-7-20-11)23-12-4-2-5-13(10(12)9-19)24-16(17)18/h2-7,16H,8-9,19H2,1H3. The van der Waals surface area contributed by atoms with Gasteiger partial charge >= 0.3 is 12.6 Å². The van der Waals surface area contributed by atoms with Crippen LogP contribution in [0.25, 0.3) is 0 Å². The number of methoxy groups -OCH3 is 1. The summed E-state index contributed by atoms with van der Waals surface area (Å²) in [6, 6.07) is 7.67. The number of pyridine rings is 1. The molecule has 2 N–H and O–H groups in total. The first-order valence-electron chi connectivity index (χ1n) is 7.00. The van der Waals surface area contributed by atoms with Crippen molar-refractivity contribution >= 4 is 5.97 Å². The number of aromatic nitrogens is 1.